The molecule has 3 rings (SSSR count). The van der Waals surface area contributed by atoms with E-state index in [2.05, 4.69) is 10.4 Å². The van der Waals surface area contributed by atoms with Crippen molar-refractivity contribution in [2.75, 3.05) is 6.54 Å². The Morgan fingerprint density at radius 2 is 1.88 bits per heavy atom. The van der Waals surface area contributed by atoms with E-state index in [1.807, 2.05) is 32.0 Å². The van der Waals surface area contributed by atoms with E-state index in [9.17, 15) is 18.0 Å². The number of furan rings is 1. The third kappa shape index (κ3) is 5.85. The van der Waals surface area contributed by atoms with Gasteiger partial charge in [-0.2, -0.15) is 18.3 Å². The molecule has 0 fully saturated rings. The molecule has 0 aliphatic rings. The van der Waals surface area contributed by atoms with Crippen LogP contribution >= 0.6 is 11.6 Å². The number of nitrogens with zero attached hydrogens (tertiary/aromatic N) is 2. The van der Waals surface area contributed by atoms with Crippen LogP contribution in [0.4, 0.5) is 13.2 Å². The first-order valence-corrected chi connectivity index (χ1v) is 10.3. The number of hydrogen-bond acceptors (Lipinski definition) is 4. The van der Waals surface area contributed by atoms with Crippen LogP contribution in [0.5, 0.6) is 5.75 Å². The number of benzene rings is 1. The Labute approximate surface area is 188 Å². The Morgan fingerprint density at radius 3 is 2.50 bits per heavy atom. The van der Waals surface area contributed by atoms with Crippen molar-refractivity contribution >= 4 is 17.5 Å². The number of rotatable bonds is 8. The van der Waals surface area contributed by atoms with Crippen molar-refractivity contribution in [3.63, 3.8) is 0 Å². The zero-order valence-corrected chi connectivity index (χ0v) is 18.6. The molecular weight excluding hydrogens is 447 g/mol. The number of alkyl halides is 3. The predicted octanol–water partition coefficient (Wildman–Crippen LogP) is 5.47. The molecule has 6 nitrogen and oxygen atoms in total. The van der Waals surface area contributed by atoms with Crippen molar-refractivity contribution in [3.05, 3.63) is 69.4 Å². The summed E-state index contributed by atoms with van der Waals surface area (Å²) in [5.74, 6) is 0.916. The number of aromatic nitrogens is 2. The van der Waals surface area contributed by atoms with Gasteiger partial charge in [0.05, 0.1) is 10.7 Å². The van der Waals surface area contributed by atoms with Crippen molar-refractivity contribution in [2.45, 2.75) is 46.5 Å². The van der Waals surface area contributed by atoms with E-state index in [1.165, 1.54) is 11.6 Å². The Balaban J connectivity index is 1.47. The molecule has 1 N–H and O–H groups in total. The van der Waals surface area contributed by atoms with Gasteiger partial charge in [0.15, 0.2) is 11.5 Å². The summed E-state index contributed by atoms with van der Waals surface area (Å²) in [5.41, 5.74) is 1.29. The minimum absolute atomic E-state index is 0.127. The molecule has 10 heteroatoms. The summed E-state index contributed by atoms with van der Waals surface area (Å²) in [7, 11) is 0. The molecule has 0 aliphatic heterocycles. The zero-order chi connectivity index (χ0) is 23.5. The second-order valence-corrected chi connectivity index (χ2v) is 7.83. The largest absolute Gasteiger partial charge is 0.486 e. The highest BCUT2D eigenvalue weighted by atomic mass is 35.5. The van der Waals surface area contributed by atoms with Gasteiger partial charge >= 0.3 is 6.18 Å². The van der Waals surface area contributed by atoms with Crippen molar-refractivity contribution in [1.82, 2.24) is 15.1 Å². The molecular formula is C22H23ClF3N3O3. The Bertz CT molecular complexity index is 1090. The molecule has 0 unspecified atom stereocenters. The normalized spacial score (nSPS) is 11.6. The van der Waals surface area contributed by atoms with Gasteiger partial charge in [-0.3, -0.25) is 9.48 Å². The van der Waals surface area contributed by atoms with Gasteiger partial charge in [-0.1, -0.05) is 17.7 Å². The number of hydrogen-bond donors (Lipinski definition) is 1. The van der Waals surface area contributed by atoms with E-state index in [4.69, 9.17) is 20.8 Å². The zero-order valence-electron chi connectivity index (χ0n) is 17.8. The molecule has 0 radical (unpaired) electrons. The molecule has 2 aromatic heterocycles. The minimum atomic E-state index is -4.61. The summed E-state index contributed by atoms with van der Waals surface area (Å²) in [5, 5.41) is 5.79. The summed E-state index contributed by atoms with van der Waals surface area (Å²) < 4.78 is 51.1. The molecule has 0 spiro atoms. The number of carbonyl (C=O) groups excluding carboxylic acids is 1. The summed E-state index contributed by atoms with van der Waals surface area (Å²) in [6, 6.07) is 9.07. The molecule has 0 bridgehead atoms. The van der Waals surface area contributed by atoms with Crippen LogP contribution in [0, 0.1) is 20.8 Å². The molecule has 3 aromatic rings. The van der Waals surface area contributed by atoms with Crippen LogP contribution < -0.4 is 10.1 Å². The SMILES string of the molecule is Cc1cc(C)cc(OCc2ccc(C(=O)NCCCn3nc(C(F)(F)F)c(Cl)c3C)o2)c1. The van der Waals surface area contributed by atoms with E-state index in [0.717, 1.165) is 11.1 Å². The predicted molar refractivity (Wildman–Crippen MR) is 113 cm³/mol. The van der Waals surface area contributed by atoms with Crippen LogP contribution in [0.1, 0.15) is 45.3 Å². The van der Waals surface area contributed by atoms with Gasteiger partial charge in [0.25, 0.3) is 5.91 Å². The fraction of sp³-hybridized carbons (Fsp3) is 0.364. The lowest BCUT2D eigenvalue weighted by molar-refractivity contribution is -0.141. The first kappa shape index (κ1) is 23.7. The van der Waals surface area contributed by atoms with Crippen molar-refractivity contribution in [2.24, 2.45) is 0 Å². The van der Waals surface area contributed by atoms with E-state index in [0.29, 0.717) is 17.9 Å². The van der Waals surface area contributed by atoms with Gasteiger partial charge in [0, 0.05) is 13.1 Å². The lowest BCUT2D eigenvalue weighted by atomic mass is 10.1. The average molecular weight is 470 g/mol. The highest BCUT2D eigenvalue weighted by Crippen LogP contribution is 2.35. The first-order chi connectivity index (χ1) is 15.0. The van der Waals surface area contributed by atoms with Crippen LogP contribution in [0.15, 0.2) is 34.7 Å². The lowest BCUT2D eigenvalue weighted by Crippen LogP contribution is -2.25. The van der Waals surface area contributed by atoms with Gasteiger partial charge in [0.1, 0.15) is 18.1 Å². The second-order valence-electron chi connectivity index (χ2n) is 7.46. The number of carbonyl (C=O) groups is 1. The van der Waals surface area contributed by atoms with Crippen LogP contribution in [-0.2, 0) is 19.3 Å². The van der Waals surface area contributed by atoms with E-state index >= 15 is 0 Å². The maximum Gasteiger partial charge on any atom is 0.436 e. The monoisotopic (exact) mass is 469 g/mol. The second kappa shape index (κ2) is 9.68. The van der Waals surface area contributed by atoms with Gasteiger partial charge in [-0.05, 0) is 62.6 Å². The summed E-state index contributed by atoms with van der Waals surface area (Å²) in [6.45, 7) is 6.01. The van der Waals surface area contributed by atoms with Crippen LogP contribution in [0.3, 0.4) is 0 Å². The summed E-state index contributed by atoms with van der Waals surface area (Å²) in [4.78, 5) is 12.3. The molecule has 0 aliphatic carbocycles. The minimum Gasteiger partial charge on any atom is -0.486 e. The molecule has 0 saturated carbocycles. The van der Waals surface area contributed by atoms with Crippen LogP contribution in [0.25, 0.3) is 0 Å². The van der Waals surface area contributed by atoms with E-state index < -0.39 is 22.8 Å². The molecule has 172 valence electrons. The Kier molecular flexibility index (Phi) is 7.18. The number of aryl methyl sites for hydroxylation is 3. The number of amides is 1. The van der Waals surface area contributed by atoms with E-state index in [1.54, 1.807) is 12.1 Å². The molecule has 32 heavy (non-hydrogen) atoms. The standard InChI is InChI=1S/C22H23ClF3N3O3/c1-13-9-14(2)11-17(10-13)31-12-16-5-6-18(32-16)21(30)27-7-4-8-29-15(3)19(23)20(28-29)22(24,25)26/h5-6,9-11H,4,7-8,12H2,1-3H3,(H,27,30). The number of nitrogens with one attached hydrogen (secondary N) is 1. The fourth-order valence-corrected chi connectivity index (χ4v) is 3.43. The molecule has 0 atom stereocenters. The Hall–Kier alpha value is -2.94. The van der Waals surface area contributed by atoms with Crippen LogP contribution in [-0.4, -0.2) is 22.2 Å². The third-order valence-electron chi connectivity index (χ3n) is 4.70. The maximum absolute atomic E-state index is 12.9. The van der Waals surface area contributed by atoms with Crippen molar-refractivity contribution in [3.8, 4) is 5.75 Å². The quantitative estimate of drug-likeness (QED) is 0.444. The molecule has 1 aromatic carbocycles. The van der Waals surface area contributed by atoms with Crippen molar-refractivity contribution < 1.29 is 27.1 Å². The smallest absolute Gasteiger partial charge is 0.436 e. The highest BCUT2D eigenvalue weighted by Gasteiger charge is 2.38. The van der Waals surface area contributed by atoms with Gasteiger partial charge < -0.3 is 14.5 Å². The van der Waals surface area contributed by atoms with Gasteiger partial charge in [-0.25, -0.2) is 0 Å². The molecule has 2 heterocycles. The lowest BCUT2D eigenvalue weighted by Gasteiger charge is -2.07. The molecule has 0 saturated heterocycles. The van der Waals surface area contributed by atoms with Gasteiger partial charge in [0.2, 0.25) is 0 Å². The summed E-state index contributed by atoms with van der Waals surface area (Å²) >= 11 is 5.73. The van der Waals surface area contributed by atoms with Crippen molar-refractivity contribution in [1.29, 1.82) is 0 Å². The Morgan fingerprint density at radius 1 is 1.19 bits per heavy atom. The first-order valence-electron chi connectivity index (χ1n) is 9.92. The number of ether oxygens (including phenoxy) is 1. The van der Waals surface area contributed by atoms with Crippen LogP contribution in [0.2, 0.25) is 5.02 Å². The number of halogens is 4. The average Bonchev–Trinajstić information content (AvgIpc) is 3.28. The topological polar surface area (TPSA) is 69.3 Å². The maximum atomic E-state index is 12.9. The third-order valence-corrected chi connectivity index (χ3v) is 5.15. The summed E-state index contributed by atoms with van der Waals surface area (Å²) in [6.07, 6.45) is -4.24. The van der Waals surface area contributed by atoms with E-state index in [-0.39, 0.29) is 31.2 Å². The molecule has 1 amide bonds. The fourth-order valence-electron chi connectivity index (χ4n) is 3.19. The van der Waals surface area contributed by atoms with Gasteiger partial charge in [-0.15, -0.1) is 0 Å². The highest BCUT2D eigenvalue weighted by molar-refractivity contribution is 6.31.